The minimum absolute atomic E-state index is 0.0528. The summed E-state index contributed by atoms with van der Waals surface area (Å²) in [4.78, 5) is 29.4. The molecule has 2 amide bonds. The predicted molar refractivity (Wildman–Crippen MR) is 71.1 cm³/mol. The monoisotopic (exact) mass is 311 g/mol. The van der Waals surface area contributed by atoms with Gasteiger partial charge in [-0.25, -0.2) is 0 Å². The van der Waals surface area contributed by atoms with Gasteiger partial charge in [-0.05, 0) is 28.4 Å². The number of carbonyl (C=O) groups is 2. The number of anilines is 1. The van der Waals surface area contributed by atoms with E-state index in [1.54, 1.807) is 18.5 Å². The van der Waals surface area contributed by atoms with Gasteiger partial charge >= 0.3 is 0 Å². The highest BCUT2D eigenvalue weighted by atomic mass is 79.9. The van der Waals surface area contributed by atoms with E-state index in [1.165, 1.54) is 4.90 Å². The summed E-state index contributed by atoms with van der Waals surface area (Å²) in [5.74, 6) is -0.204. The van der Waals surface area contributed by atoms with Crippen LogP contribution in [0.1, 0.15) is 19.8 Å². The first-order chi connectivity index (χ1) is 8.61. The van der Waals surface area contributed by atoms with Crippen LogP contribution < -0.4 is 10.2 Å². The largest absolute Gasteiger partial charge is 0.343 e. The molecule has 0 spiro atoms. The Hall–Kier alpha value is -1.43. The van der Waals surface area contributed by atoms with Gasteiger partial charge < -0.3 is 5.32 Å². The summed E-state index contributed by atoms with van der Waals surface area (Å²) in [6.45, 7) is 2.04. The second kappa shape index (κ2) is 5.48. The Bertz CT molecular complexity index is 478. The zero-order valence-electron chi connectivity index (χ0n) is 10.0. The number of aromatic nitrogens is 1. The average molecular weight is 312 g/mol. The van der Waals surface area contributed by atoms with Gasteiger partial charge in [0.2, 0.25) is 11.8 Å². The molecule has 0 radical (unpaired) electrons. The van der Waals surface area contributed by atoms with Gasteiger partial charge in [-0.1, -0.05) is 13.3 Å². The molecule has 0 saturated carbocycles. The molecule has 1 atom stereocenters. The van der Waals surface area contributed by atoms with Crippen LogP contribution in [0.4, 0.5) is 5.69 Å². The molecule has 18 heavy (non-hydrogen) atoms. The molecule has 1 aliphatic heterocycles. The molecule has 96 valence electrons. The molecule has 2 rings (SSSR count). The summed E-state index contributed by atoms with van der Waals surface area (Å²) in [6, 6.07) is 1.36. The first-order valence-electron chi connectivity index (χ1n) is 5.83. The molecule has 0 aliphatic carbocycles. The van der Waals surface area contributed by atoms with Crippen LogP contribution in [0.3, 0.4) is 0 Å². The van der Waals surface area contributed by atoms with Gasteiger partial charge in [0.1, 0.15) is 12.6 Å². The number of amides is 2. The zero-order valence-corrected chi connectivity index (χ0v) is 11.6. The van der Waals surface area contributed by atoms with Crippen molar-refractivity contribution in [1.82, 2.24) is 10.3 Å². The molecule has 1 aliphatic rings. The maximum absolute atomic E-state index is 12.2. The van der Waals surface area contributed by atoms with Crippen molar-refractivity contribution in [3.8, 4) is 0 Å². The van der Waals surface area contributed by atoms with Crippen LogP contribution in [0, 0.1) is 0 Å². The molecular weight excluding hydrogens is 298 g/mol. The Morgan fingerprint density at radius 1 is 1.50 bits per heavy atom. The molecule has 6 heteroatoms. The van der Waals surface area contributed by atoms with E-state index in [1.807, 2.05) is 6.92 Å². The normalized spacial score (nSPS) is 19.9. The van der Waals surface area contributed by atoms with Crippen LogP contribution in [0.2, 0.25) is 0 Å². The van der Waals surface area contributed by atoms with Gasteiger partial charge in [-0.15, -0.1) is 0 Å². The fourth-order valence-electron chi connectivity index (χ4n) is 1.96. The smallest absolute Gasteiger partial charge is 0.250 e. The van der Waals surface area contributed by atoms with Crippen molar-refractivity contribution in [2.75, 3.05) is 11.4 Å². The van der Waals surface area contributed by atoms with E-state index in [4.69, 9.17) is 0 Å². The van der Waals surface area contributed by atoms with Crippen LogP contribution in [-0.4, -0.2) is 29.4 Å². The van der Waals surface area contributed by atoms with Crippen LogP contribution >= 0.6 is 15.9 Å². The van der Waals surface area contributed by atoms with E-state index in [0.717, 1.165) is 10.9 Å². The quantitative estimate of drug-likeness (QED) is 0.919. The number of hydrogen-bond donors (Lipinski definition) is 1. The highest BCUT2D eigenvalue weighted by Gasteiger charge is 2.32. The van der Waals surface area contributed by atoms with Gasteiger partial charge in [0.15, 0.2) is 0 Å². The van der Waals surface area contributed by atoms with Crippen molar-refractivity contribution >= 4 is 33.4 Å². The van der Waals surface area contributed by atoms with Crippen molar-refractivity contribution in [1.29, 1.82) is 0 Å². The Balaban J connectivity index is 2.26. The number of hydrogen-bond acceptors (Lipinski definition) is 3. The van der Waals surface area contributed by atoms with Crippen molar-refractivity contribution in [2.45, 2.75) is 25.8 Å². The lowest BCUT2D eigenvalue weighted by atomic mass is 10.1. The standard InChI is InChI=1S/C12H14BrN3O2/c1-2-3-10-12(18)16(7-11(17)15-10)9-4-8(13)5-14-6-9/h4-6,10H,2-3,7H2,1H3,(H,15,17). The minimum atomic E-state index is -0.421. The third-order valence-corrected chi connectivity index (χ3v) is 3.21. The number of rotatable bonds is 3. The number of nitrogens with one attached hydrogen (secondary N) is 1. The van der Waals surface area contributed by atoms with E-state index >= 15 is 0 Å². The Morgan fingerprint density at radius 2 is 2.28 bits per heavy atom. The molecule has 1 unspecified atom stereocenters. The predicted octanol–water partition coefficient (Wildman–Crippen LogP) is 1.48. The summed E-state index contributed by atoms with van der Waals surface area (Å²) in [5, 5.41) is 2.72. The Morgan fingerprint density at radius 3 is 2.94 bits per heavy atom. The molecule has 0 aromatic carbocycles. The lowest BCUT2D eigenvalue weighted by Crippen LogP contribution is -2.58. The van der Waals surface area contributed by atoms with E-state index in [9.17, 15) is 9.59 Å². The fourth-order valence-corrected chi connectivity index (χ4v) is 2.32. The van der Waals surface area contributed by atoms with Crippen molar-refractivity contribution < 1.29 is 9.59 Å². The maximum atomic E-state index is 12.2. The van der Waals surface area contributed by atoms with E-state index in [0.29, 0.717) is 12.1 Å². The lowest BCUT2D eigenvalue weighted by Gasteiger charge is -2.32. The highest BCUT2D eigenvalue weighted by molar-refractivity contribution is 9.10. The Labute approximate surface area is 114 Å². The molecule has 0 bridgehead atoms. The average Bonchev–Trinajstić information content (AvgIpc) is 2.33. The topological polar surface area (TPSA) is 62.3 Å². The lowest BCUT2D eigenvalue weighted by molar-refractivity contribution is -0.131. The van der Waals surface area contributed by atoms with Crippen molar-refractivity contribution in [3.63, 3.8) is 0 Å². The molecule has 5 nitrogen and oxygen atoms in total. The molecular formula is C12H14BrN3O2. The fraction of sp³-hybridized carbons (Fsp3) is 0.417. The highest BCUT2D eigenvalue weighted by Crippen LogP contribution is 2.21. The van der Waals surface area contributed by atoms with E-state index in [-0.39, 0.29) is 18.4 Å². The van der Waals surface area contributed by atoms with Gasteiger partial charge in [0.25, 0.3) is 0 Å². The first kappa shape index (κ1) is 13.0. The molecule has 1 fully saturated rings. The SMILES string of the molecule is CCCC1NC(=O)CN(c2cncc(Br)c2)C1=O. The third-order valence-electron chi connectivity index (χ3n) is 2.78. The van der Waals surface area contributed by atoms with Gasteiger partial charge in [0.05, 0.1) is 11.9 Å². The van der Waals surface area contributed by atoms with Crippen molar-refractivity contribution in [2.24, 2.45) is 0 Å². The van der Waals surface area contributed by atoms with Gasteiger partial charge in [-0.2, -0.15) is 0 Å². The van der Waals surface area contributed by atoms with Crippen LogP contribution in [0.25, 0.3) is 0 Å². The van der Waals surface area contributed by atoms with E-state index < -0.39 is 6.04 Å². The number of nitrogens with zero attached hydrogens (tertiary/aromatic N) is 2. The number of pyridine rings is 1. The Kier molecular flexibility index (Phi) is 3.96. The van der Waals surface area contributed by atoms with Gasteiger partial charge in [-0.3, -0.25) is 19.5 Å². The molecule has 1 aromatic heterocycles. The number of piperazine rings is 1. The third kappa shape index (κ3) is 2.69. The summed E-state index contributed by atoms with van der Waals surface area (Å²) in [6.07, 6.45) is 4.73. The second-order valence-corrected chi connectivity index (χ2v) is 5.11. The number of carbonyl (C=O) groups excluding carboxylic acids is 2. The molecule has 1 saturated heterocycles. The minimum Gasteiger partial charge on any atom is -0.343 e. The van der Waals surface area contributed by atoms with Crippen molar-refractivity contribution in [3.05, 3.63) is 22.9 Å². The second-order valence-electron chi connectivity index (χ2n) is 4.19. The van der Waals surface area contributed by atoms with Crippen LogP contribution in [0.15, 0.2) is 22.9 Å². The summed E-state index contributed by atoms with van der Waals surface area (Å²) in [7, 11) is 0. The molecule has 1 N–H and O–H groups in total. The zero-order chi connectivity index (χ0) is 13.1. The van der Waals surface area contributed by atoms with E-state index in [2.05, 4.69) is 26.2 Å². The molecule has 1 aromatic rings. The van der Waals surface area contributed by atoms with Crippen LogP contribution in [0.5, 0.6) is 0 Å². The summed E-state index contributed by atoms with van der Waals surface area (Å²) in [5.41, 5.74) is 0.644. The summed E-state index contributed by atoms with van der Waals surface area (Å²) >= 11 is 3.31. The van der Waals surface area contributed by atoms with Gasteiger partial charge in [0, 0.05) is 10.7 Å². The molecule has 2 heterocycles. The first-order valence-corrected chi connectivity index (χ1v) is 6.62. The van der Waals surface area contributed by atoms with Crippen LogP contribution in [-0.2, 0) is 9.59 Å². The number of halogens is 1. The summed E-state index contributed by atoms with van der Waals surface area (Å²) < 4.78 is 0.783. The maximum Gasteiger partial charge on any atom is 0.250 e.